The number of hydrogen-bond donors (Lipinski definition) is 6. The fourth-order valence-corrected chi connectivity index (χ4v) is 7.96. The van der Waals surface area contributed by atoms with Gasteiger partial charge in [-0.3, -0.25) is 4.79 Å². The van der Waals surface area contributed by atoms with Gasteiger partial charge in [0.1, 0.15) is 24.4 Å². The molecule has 7 unspecified atom stereocenters. The van der Waals surface area contributed by atoms with Crippen molar-refractivity contribution in [3.63, 3.8) is 0 Å². The minimum Gasteiger partial charge on any atom is -0.394 e. The normalized spacial score (nSPS) is 20.5. The number of aliphatic hydroxyl groups excluding tert-OH is 5. The van der Waals surface area contributed by atoms with Crippen LogP contribution < -0.4 is 5.32 Å². The summed E-state index contributed by atoms with van der Waals surface area (Å²) in [5, 5.41) is 54.4. The standard InChI is InChI=1S/C57H99NO8/c1-3-5-7-9-11-13-15-17-19-21-23-25-27-28-30-32-34-36-38-40-42-44-46-51(60)50(49-65-57-56(64)55(63)54(62)52(48-59)66-57)58-53(61)47-45-43-41-39-37-35-33-31-29-26-24-22-20-18-16-14-12-10-8-6-4-2/h6,8,12,14,18,20,24,26,31,33,36,38,44,46,50-52,54-57,59-60,62-64H,3-5,7,9-11,13,15-17,19,21-23,25,27-30,32,34-35,37,39-43,45,47-49H2,1-2H3,(H,58,61)/b8-6-,14-12-,20-18-,26-24-,33-31-,38-36+,46-44+. The van der Waals surface area contributed by atoms with Crippen LogP contribution in [0.1, 0.15) is 213 Å². The number of amides is 1. The molecule has 0 spiro atoms. The summed E-state index contributed by atoms with van der Waals surface area (Å²) in [5.41, 5.74) is 0. The van der Waals surface area contributed by atoms with Crippen LogP contribution in [0, 0.1) is 0 Å². The van der Waals surface area contributed by atoms with Gasteiger partial charge in [0.15, 0.2) is 6.29 Å². The van der Waals surface area contributed by atoms with Crippen molar-refractivity contribution in [2.75, 3.05) is 13.2 Å². The molecule has 6 N–H and O–H groups in total. The number of carbonyl (C=O) groups excluding carboxylic acids is 1. The highest BCUT2D eigenvalue weighted by Gasteiger charge is 2.44. The lowest BCUT2D eigenvalue weighted by molar-refractivity contribution is -0.302. The van der Waals surface area contributed by atoms with Gasteiger partial charge in [-0.05, 0) is 77.0 Å². The zero-order valence-electron chi connectivity index (χ0n) is 41.9. The van der Waals surface area contributed by atoms with Crippen LogP contribution in [0.3, 0.4) is 0 Å². The summed E-state index contributed by atoms with van der Waals surface area (Å²) in [7, 11) is 0. The number of ether oxygens (including phenoxy) is 2. The Morgan fingerprint density at radius 2 is 0.955 bits per heavy atom. The van der Waals surface area contributed by atoms with Crippen LogP contribution in [0.2, 0.25) is 0 Å². The zero-order valence-corrected chi connectivity index (χ0v) is 41.9. The van der Waals surface area contributed by atoms with E-state index in [1.807, 2.05) is 6.08 Å². The molecule has 9 heteroatoms. The molecule has 0 radical (unpaired) electrons. The molecule has 0 saturated carbocycles. The van der Waals surface area contributed by atoms with Crippen molar-refractivity contribution >= 4 is 5.91 Å². The second-order valence-corrected chi connectivity index (χ2v) is 18.3. The van der Waals surface area contributed by atoms with Gasteiger partial charge in [0.05, 0.1) is 25.4 Å². The fourth-order valence-electron chi connectivity index (χ4n) is 7.96. The Balaban J connectivity index is 2.33. The Labute approximate surface area is 403 Å². The third-order valence-electron chi connectivity index (χ3n) is 12.2. The third-order valence-corrected chi connectivity index (χ3v) is 12.2. The Hall–Kier alpha value is -2.63. The molecule has 66 heavy (non-hydrogen) atoms. The second-order valence-electron chi connectivity index (χ2n) is 18.3. The first kappa shape index (κ1) is 61.4. The molecule has 1 fully saturated rings. The second kappa shape index (κ2) is 46.1. The molecule has 0 bridgehead atoms. The first-order chi connectivity index (χ1) is 32.3. The molecule has 1 aliphatic heterocycles. The number of hydrogen-bond acceptors (Lipinski definition) is 8. The van der Waals surface area contributed by atoms with E-state index >= 15 is 0 Å². The monoisotopic (exact) mass is 926 g/mol. The first-order valence-electron chi connectivity index (χ1n) is 26.8. The molecule has 1 heterocycles. The van der Waals surface area contributed by atoms with E-state index in [1.165, 1.54) is 103 Å². The molecule has 1 rings (SSSR count). The third kappa shape index (κ3) is 35.5. The largest absolute Gasteiger partial charge is 0.394 e. The van der Waals surface area contributed by atoms with Gasteiger partial charge >= 0.3 is 0 Å². The lowest BCUT2D eigenvalue weighted by Gasteiger charge is -2.40. The summed E-state index contributed by atoms with van der Waals surface area (Å²) in [6.45, 7) is 3.64. The van der Waals surface area contributed by atoms with Crippen molar-refractivity contribution in [1.82, 2.24) is 5.32 Å². The Morgan fingerprint density at radius 3 is 1.45 bits per heavy atom. The van der Waals surface area contributed by atoms with E-state index < -0.39 is 49.5 Å². The number of aliphatic hydroxyl groups is 5. The van der Waals surface area contributed by atoms with Gasteiger partial charge in [0.2, 0.25) is 5.91 Å². The van der Waals surface area contributed by atoms with Crippen LogP contribution in [0.4, 0.5) is 0 Å². The van der Waals surface area contributed by atoms with E-state index in [0.717, 1.165) is 89.9 Å². The topological polar surface area (TPSA) is 149 Å². The Kier molecular flexibility index (Phi) is 42.9. The van der Waals surface area contributed by atoms with E-state index in [1.54, 1.807) is 6.08 Å². The highest BCUT2D eigenvalue weighted by atomic mass is 16.7. The van der Waals surface area contributed by atoms with Crippen LogP contribution in [-0.4, -0.2) is 87.5 Å². The molecule has 1 saturated heterocycles. The first-order valence-corrected chi connectivity index (χ1v) is 26.8. The summed E-state index contributed by atoms with van der Waals surface area (Å²) in [6, 6.07) is -0.838. The minimum absolute atomic E-state index is 0.208. The summed E-state index contributed by atoms with van der Waals surface area (Å²) in [4.78, 5) is 13.0. The predicted octanol–water partition coefficient (Wildman–Crippen LogP) is 12.7. The van der Waals surface area contributed by atoms with Crippen molar-refractivity contribution in [2.45, 2.75) is 256 Å². The average molecular weight is 926 g/mol. The smallest absolute Gasteiger partial charge is 0.220 e. The maximum atomic E-state index is 13.0. The lowest BCUT2D eigenvalue weighted by Crippen LogP contribution is -2.60. The maximum Gasteiger partial charge on any atom is 0.220 e. The van der Waals surface area contributed by atoms with Crippen molar-refractivity contribution in [3.8, 4) is 0 Å². The number of carbonyl (C=O) groups is 1. The molecule has 9 nitrogen and oxygen atoms in total. The summed E-state index contributed by atoms with van der Waals surface area (Å²) in [6.07, 6.45) is 57.8. The SMILES string of the molecule is CC/C=C\C/C=C\C/C=C\C/C=C\C/C=C\CCCCCCCC(=O)NC(COC1OC(CO)C(O)C(O)C1O)C(O)/C=C/CC/C=C/CCCCCCCCCCCCCCCCCC. The summed E-state index contributed by atoms with van der Waals surface area (Å²) < 4.78 is 11.2. The van der Waals surface area contributed by atoms with Crippen LogP contribution in [0.25, 0.3) is 0 Å². The highest BCUT2D eigenvalue weighted by Crippen LogP contribution is 2.23. The van der Waals surface area contributed by atoms with Gasteiger partial charge in [-0.25, -0.2) is 0 Å². The van der Waals surface area contributed by atoms with E-state index in [9.17, 15) is 30.3 Å². The van der Waals surface area contributed by atoms with Crippen molar-refractivity contribution < 1.29 is 39.8 Å². The molecule has 380 valence electrons. The molecule has 0 aromatic rings. The Bertz CT molecular complexity index is 1300. The van der Waals surface area contributed by atoms with E-state index in [2.05, 4.69) is 92.1 Å². The van der Waals surface area contributed by atoms with Crippen LogP contribution in [-0.2, 0) is 14.3 Å². The van der Waals surface area contributed by atoms with Crippen molar-refractivity contribution in [2.24, 2.45) is 0 Å². The Morgan fingerprint density at radius 1 is 0.530 bits per heavy atom. The molecule has 1 aliphatic rings. The fraction of sp³-hybridized carbons (Fsp3) is 0.737. The quantitative estimate of drug-likeness (QED) is 0.0261. The number of rotatable bonds is 44. The van der Waals surface area contributed by atoms with E-state index in [-0.39, 0.29) is 12.5 Å². The van der Waals surface area contributed by atoms with Crippen LogP contribution >= 0.6 is 0 Å². The molecular weight excluding hydrogens is 827 g/mol. The molecular formula is C57H99NO8. The van der Waals surface area contributed by atoms with Crippen LogP contribution in [0.15, 0.2) is 85.1 Å². The van der Waals surface area contributed by atoms with Gasteiger partial charge in [0, 0.05) is 6.42 Å². The molecule has 0 aromatic carbocycles. The van der Waals surface area contributed by atoms with Gasteiger partial charge in [-0.1, -0.05) is 214 Å². The number of allylic oxidation sites excluding steroid dienone is 13. The molecule has 0 aliphatic carbocycles. The number of nitrogens with one attached hydrogen (secondary N) is 1. The summed E-state index contributed by atoms with van der Waals surface area (Å²) in [5.74, 6) is -0.208. The van der Waals surface area contributed by atoms with Gasteiger partial charge in [-0.15, -0.1) is 0 Å². The van der Waals surface area contributed by atoms with Crippen molar-refractivity contribution in [1.29, 1.82) is 0 Å². The molecule has 7 atom stereocenters. The minimum atomic E-state index is -1.58. The maximum absolute atomic E-state index is 13.0. The predicted molar refractivity (Wildman–Crippen MR) is 276 cm³/mol. The van der Waals surface area contributed by atoms with Crippen molar-refractivity contribution in [3.05, 3.63) is 85.1 Å². The highest BCUT2D eigenvalue weighted by molar-refractivity contribution is 5.76. The average Bonchev–Trinajstić information content (AvgIpc) is 3.32. The van der Waals surface area contributed by atoms with Gasteiger partial charge < -0.3 is 40.3 Å². The lowest BCUT2D eigenvalue weighted by atomic mass is 9.99. The molecule has 1 amide bonds. The van der Waals surface area contributed by atoms with Crippen LogP contribution in [0.5, 0.6) is 0 Å². The molecule has 0 aromatic heterocycles. The van der Waals surface area contributed by atoms with Gasteiger partial charge in [0.25, 0.3) is 0 Å². The number of unbranched alkanes of at least 4 members (excludes halogenated alkanes) is 22. The zero-order chi connectivity index (χ0) is 48.0. The van der Waals surface area contributed by atoms with E-state index in [4.69, 9.17) is 9.47 Å². The van der Waals surface area contributed by atoms with Gasteiger partial charge in [-0.2, -0.15) is 0 Å². The summed E-state index contributed by atoms with van der Waals surface area (Å²) >= 11 is 0. The van der Waals surface area contributed by atoms with E-state index in [0.29, 0.717) is 6.42 Å².